The third kappa shape index (κ3) is 13.0. The molecular weight excluding hydrogens is 507 g/mol. The van der Waals surface area contributed by atoms with E-state index in [2.05, 4.69) is 63.5 Å². The van der Waals surface area contributed by atoms with Crippen molar-refractivity contribution in [2.24, 2.45) is 0 Å². The molecule has 1 aromatic rings. The van der Waals surface area contributed by atoms with Crippen LogP contribution < -0.4 is 4.74 Å². The average molecular weight is 518 g/mol. The Labute approximate surface area is 136 Å². The standard InChI is InChI=1S/C7H6ClFO.C4H5.2HI.V/c1-10-7-3-2-5(8)4-6(7)9;1-3-4-2;;;/h2-4H,1H3;1H2,2H3;2*1H;/q;-1;;;+2/p-2. The van der Waals surface area contributed by atoms with Gasteiger partial charge < -0.3 is 10.7 Å². The molecule has 6 heteroatoms. The Hall–Kier alpha value is 0.714. The molecule has 0 aliphatic carbocycles. The molecule has 0 saturated heterocycles. The van der Waals surface area contributed by atoms with Crippen molar-refractivity contribution < 1.29 is 18.6 Å². The van der Waals surface area contributed by atoms with Crippen molar-refractivity contribution in [2.45, 2.75) is 6.92 Å². The van der Waals surface area contributed by atoms with Crippen molar-refractivity contribution >= 4 is 51.6 Å². The van der Waals surface area contributed by atoms with Crippen LogP contribution in [0.15, 0.2) is 18.2 Å². The second-order valence-electron chi connectivity index (χ2n) is 2.27. The Bertz CT molecular complexity index is 360. The summed E-state index contributed by atoms with van der Waals surface area (Å²) in [6.07, 6.45) is 0. The molecule has 0 atom stereocenters. The zero-order valence-electron chi connectivity index (χ0n) is 9.31. The van der Waals surface area contributed by atoms with Crippen molar-refractivity contribution in [1.82, 2.24) is 0 Å². The van der Waals surface area contributed by atoms with Gasteiger partial charge in [0.25, 0.3) is 0 Å². The van der Waals surface area contributed by atoms with Gasteiger partial charge in [-0.05, 0) is 18.2 Å². The van der Waals surface area contributed by atoms with E-state index < -0.39 is 5.82 Å². The molecule has 0 unspecified atom stereocenters. The van der Waals surface area contributed by atoms with Crippen molar-refractivity contribution in [1.29, 1.82) is 0 Å². The van der Waals surface area contributed by atoms with Crippen LogP contribution in [0.2, 0.25) is 5.02 Å². The van der Waals surface area contributed by atoms with Crippen molar-refractivity contribution in [3.8, 4) is 17.6 Å². The number of benzene rings is 1. The minimum atomic E-state index is -0.435. The zero-order valence-corrected chi connectivity index (χ0v) is 15.8. The maximum absolute atomic E-state index is 12.6. The molecule has 0 fully saturated rings. The summed E-state index contributed by atoms with van der Waals surface area (Å²) in [4.78, 5) is 0. The van der Waals surface area contributed by atoms with Gasteiger partial charge in [0.2, 0.25) is 0 Å². The molecule has 0 spiro atoms. The van der Waals surface area contributed by atoms with Gasteiger partial charge in [-0.25, -0.2) is 4.39 Å². The van der Waals surface area contributed by atoms with Crippen LogP contribution in [0.1, 0.15) is 6.92 Å². The van der Waals surface area contributed by atoms with Crippen molar-refractivity contribution in [2.75, 3.05) is 7.11 Å². The number of halogens is 4. The van der Waals surface area contributed by atoms with Crippen molar-refractivity contribution in [3.63, 3.8) is 0 Å². The summed E-state index contributed by atoms with van der Waals surface area (Å²) in [5, 5.41) is 0.373. The second kappa shape index (κ2) is 14.8. The summed E-state index contributed by atoms with van der Waals surface area (Å²) >= 11 is 10.2. The van der Waals surface area contributed by atoms with Crippen LogP contribution >= 0.6 is 51.6 Å². The predicted octanol–water partition coefficient (Wildman–Crippen LogP) is 5.10. The summed E-state index contributed by atoms with van der Waals surface area (Å²) in [5.74, 6) is 4.78. The van der Waals surface area contributed by atoms with Gasteiger partial charge in [-0.1, -0.05) is 18.5 Å². The van der Waals surface area contributed by atoms with E-state index in [0.29, 0.717) is 14.5 Å². The summed E-state index contributed by atoms with van der Waals surface area (Å²) in [7, 11) is 2.04. The molecule has 0 amide bonds. The molecule has 17 heavy (non-hydrogen) atoms. The minimum absolute atomic E-state index is 0.212. The van der Waals surface area contributed by atoms with Gasteiger partial charge in [0.1, 0.15) is 0 Å². The second-order valence-corrected chi connectivity index (χ2v) is 14.5. The predicted molar refractivity (Wildman–Crippen MR) is 84.8 cm³/mol. The topological polar surface area (TPSA) is 9.23 Å². The number of hydrogen-bond acceptors (Lipinski definition) is 1. The molecule has 1 nitrogen and oxygen atoms in total. The van der Waals surface area contributed by atoms with Gasteiger partial charge in [-0.2, -0.15) is 6.92 Å². The molecule has 0 heterocycles. The number of rotatable bonds is 1. The fraction of sp³-hybridized carbons (Fsp3) is 0.182. The quantitative estimate of drug-likeness (QED) is 0.286. The van der Waals surface area contributed by atoms with Crippen LogP contribution in [0, 0.1) is 24.6 Å². The van der Waals surface area contributed by atoms with E-state index in [1.807, 2.05) is 0 Å². The molecule has 0 bridgehead atoms. The molecule has 95 valence electrons. The SMILES string of the molecule is COc1ccc(Cl)cc1F.[CH2-]C#CC.[I][V][I]. The molecule has 0 saturated carbocycles. The molecule has 0 radical (unpaired) electrons. The van der Waals surface area contributed by atoms with Crippen LogP contribution in [-0.4, -0.2) is 7.11 Å². The van der Waals surface area contributed by atoms with E-state index in [9.17, 15) is 4.39 Å². The Kier molecular flexibility index (Phi) is 17.4. The van der Waals surface area contributed by atoms with E-state index in [-0.39, 0.29) is 5.75 Å². The normalized spacial score (nSPS) is 7.18. The van der Waals surface area contributed by atoms with E-state index in [0.717, 1.165) is 0 Å². The van der Waals surface area contributed by atoms with Crippen LogP contribution in [0.3, 0.4) is 0 Å². The van der Waals surface area contributed by atoms with E-state index >= 15 is 0 Å². The van der Waals surface area contributed by atoms with Gasteiger partial charge in [0.15, 0.2) is 11.6 Å². The van der Waals surface area contributed by atoms with Gasteiger partial charge in [0, 0.05) is 5.02 Å². The number of ether oxygens (including phenoxy) is 1. The zero-order chi connectivity index (χ0) is 13.7. The van der Waals surface area contributed by atoms with Crippen molar-refractivity contribution in [3.05, 3.63) is 36.0 Å². The van der Waals surface area contributed by atoms with Gasteiger partial charge in [0.05, 0.1) is 7.11 Å². The van der Waals surface area contributed by atoms with E-state index in [1.54, 1.807) is 13.0 Å². The van der Waals surface area contributed by atoms with Crippen LogP contribution in [-0.2, 0) is 9.47 Å². The van der Waals surface area contributed by atoms with Gasteiger partial charge in [-0.15, -0.1) is 0 Å². The van der Waals surface area contributed by atoms with Gasteiger partial charge in [-0.3, -0.25) is 5.92 Å². The first-order valence-corrected chi connectivity index (χ1v) is 13.6. The molecular formula is C11H11ClFI2OV-. The fourth-order valence-electron chi connectivity index (χ4n) is 0.641. The molecule has 0 aliphatic heterocycles. The van der Waals surface area contributed by atoms with Crippen LogP contribution in [0.25, 0.3) is 0 Å². The van der Waals surface area contributed by atoms with Crippen LogP contribution in [0.5, 0.6) is 5.75 Å². The Morgan fingerprint density at radius 3 is 2.24 bits per heavy atom. The first-order chi connectivity index (χ1) is 8.06. The van der Waals surface area contributed by atoms with Crippen LogP contribution in [0.4, 0.5) is 4.39 Å². The molecule has 0 aliphatic rings. The maximum atomic E-state index is 12.6. The third-order valence-corrected chi connectivity index (χ3v) is 1.53. The van der Waals surface area contributed by atoms with E-state index in [1.165, 1.54) is 19.2 Å². The third-order valence-electron chi connectivity index (χ3n) is 1.29. The summed E-state index contributed by atoms with van der Waals surface area (Å²) < 4.78 is 17.3. The van der Waals surface area contributed by atoms with E-state index in [4.69, 9.17) is 11.6 Å². The fourth-order valence-corrected chi connectivity index (χ4v) is 0.800. The molecule has 0 aromatic heterocycles. The first kappa shape index (κ1) is 20.0. The van der Waals surface area contributed by atoms with Gasteiger partial charge >= 0.3 is 49.4 Å². The molecule has 0 N–H and O–H groups in total. The first-order valence-electron chi connectivity index (χ1n) is 4.17. The Morgan fingerprint density at radius 1 is 1.47 bits per heavy atom. The Balaban J connectivity index is 0. The monoisotopic (exact) mass is 518 g/mol. The molecule has 1 rings (SSSR count). The molecule has 1 aromatic carbocycles. The summed E-state index contributed by atoms with van der Waals surface area (Å²) in [5.41, 5.74) is 0. The number of methoxy groups -OCH3 is 1. The summed E-state index contributed by atoms with van der Waals surface area (Å²) in [6, 6.07) is 4.27. The average Bonchev–Trinajstić information content (AvgIpc) is 2.30. The summed E-state index contributed by atoms with van der Waals surface area (Å²) in [6.45, 7) is 5.00. The Morgan fingerprint density at radius 2 is 1.94 bits per heavy atom. The number of hydrogen-bond donors (Lipinski definition) is 0.